The summed E-state index contributed by atoms with van der Waals surface area (Å²) in [5.74, 6) is 1.10. The highest BCUT2D eigenvalue weighted by Crippen LogP contribution is 2.31. The van der Waals surface area contributed by atoms with Gasteiger partial charge in [0.1, 0.15) is 5.75 Å². The first-order chi connectivity index (χ1) is 9.65. The molecule has 1 atom stereocenters. The summed E-state index contributed by atoms with van der Waals surface area (Å²) in [4.78, 5) is 14.7. The van der Waals surface area contributed by atoms with E-state index >= 15 is 0 Å². The van der Waals surface area contributed by atoms with Gasteiger partial charge < -0.3 is 15.3 Å². The van der Waals surface area contributed by atoms with Crippen LogP contribution in [0.2, 0.25) is 0 Å². The van der Waals surface area contributed by atoms with Gasteiger partial charge in [-0.2, -0.15) is 0 Å². The van der Waals surface area contributed by atoms with E-state index in [-0.39, 0.29) is 17.6 Å². The van der Waals surface area contributed by atoms with Crippen LogP contribution in [0.25, 0.3) is 0 Å². The number of amides is 1. The topological polar surface area (TPSA) is 52.6 Å². The van der Waals surface area contributed by atoms with Crippen molar-refractivity contribution in [3.63, 3.8) is 0 Å². The molecule has 1 saturated heterocycles. The van der Waals surface area contributed by atoms with E-state index in [1.165, 1.54) is 0 Å². The summed E-state index contributed by atoms with van der Waals surface area (Å²) in [6.45, 7) is 4.57. The Balaban J connectivity index is 1.70. The Bertz CT molecular complexity index is 495. The second-order valence-corrected chi connectivity index (χ2v) is 6.07. The fourth-order valence-electron chi connectivity index (χ4n) is 2.75. The van der Waals surface area contributed by atoms with Gasteiger partial charge in [0.2, 0.25) is 5.91 Å². The van der Waals surface area contributed by atoms with Gasteiger partial charge in [-0.15, -0.1) is 0 Å². The summed E-state index contributed by atoms with van der Waals surface area (Å²) in [5.41, 5.74) is 1.00. The number of carbonyl (C=O) groups excluding carboxylic acids is 1. The van der Waals surface area contributed by atoms with Crippen LogP contribution in [0.15, 0.2) is 24.3 Å². The summed E-state index contributed by atoms with van der Waals surface area (Å²) in [5, 5.41) is 12.8. The van der Waals surface area contributed by atoms with Crippen molar-refractivity contribution in [1.29, 1.82) is 0 Å². The number of rotatable bonds is 5. The maximum atomic E-state index is 12.7. The zero-order chi connectivity index (χ0) is 14.1. The van der Waals surface area contributed by atoms with Crippen molar-refractivity contribution in [3.05, 3.63) is 29.8 Å². The molecule has 1 unspecified atom stereocenters. The molecule has 3 rings (SSSR count). The third-order valence-corrected chi connectivity index (χ3v) is 4.44. The summed E-state index contributed by atoms with van der Waals surface area (Å²) >= 11 is 0. The van der Waals surface area contributed by atoms with Gasteiger partial charge in [0.15, 0.2) is 0 Å². The maximum Gasteiger partial charge on any atom is 0.226 e. The van der Waals surface area contributed by atoms with Crippen molar-refractivity contribution >= 4 is 5.91 Å². The summed E-state index contributed by atoms with van der Waals surface area (Å²) < 4.78 is 0. The minimum atomic E-state index is 0.0918. The van der Waals surface area contributed by atoms with Crippen LogP contribution in [0.4, 0.5) is 0 Å². The number of nitrogens with zero attached hydrogens (tertiary/aromatic N) is 1. The van der Waals surface area contributed by atoms with E-state index in [1.54, 1.807) is 12.1 Å². The zero-order valence-corrected chi connectivity index (χ0v) is 11.9. The second kappa shape index (κ2) is 5.44. The van der Waals surface area contributed by atoms with Crippen LogP contribution in [0.3, 0.4) is 0 Å². The highest BCUT2D eigenvalue weighted by atomic mass is 16.3. The van der Waals surface area contributed by atoms with E-state index in [2.05, 4.69) is 5.32 Å². The van der Waals surface area contributed by atoms with Crippen molar-refractivity contribution in [3.8, 4) is 5.75 Å². The average molecular weight is 274 g/mol. The van der Waals surface area contributed by atoms with Crippen LogP contribution in [0.1, 0.15) is 25.3 Å². The molecular weight excluding hydrogens is 252 g/mol. The minimum absolute atomic E-state index is 0.0918. The van der Waals surface area contributed by atoms with Crippen LogP contribution in [0.5, 0.6) is 5.75 Å². The van der Waals surface area contributed by atoms with Gasteiger partial charge in [0.05, 0.1) is 0 Å². The number of aromatic hydroxyl groups is 1. The molecule has 20 heavy (non-hydrogen) atoms. The molecule has 0 bridgehead atoms. The van der Waals surface area contributed by atoms with E-state index in [4.69, 9.17) is 0 Å². The first-order valence-corrected chi connectivity index (χ1v) is 7.44. The molecule has 0 aromatic heterocycles. The lowest BCUT2D eigenvalue weighted by Gasteiger charge is -2.35. The first kappa shape index (κ1) is 13.4. The lowest BCUT2D eigenvalue weighted by atomic mass is 9.88. The van der Waals surface area contributed by atoms with Gasteiger partial charge in [-0.3, -0.25) is 4.79 Å². The molecule has 2 fully saturated rings. The fraction of sp³-hybridized carbons (Fsp3) is 0.562. The molecule has 1 aliphatic carbocycles. The summed E-state index contributed by atoms with van der Waals surface area (Å²) in [6, 6.07) is 7.62. The zero-order valence-electron chi connectivity index (χ0n) is 11.9. The van der Waals surface area contributed by atoms with Crippen LogP contribution in [0, 0.1) is 11.8 Å². The van der Waals surface area contributed by atoms with Gasteiger partial charge >= 0.3 is 0 Å². The molecule has 1 amide bonds. The number of benzene rings is 1. The number of carbonyl (C=O) groups is 1. The van der Waals surface area contributed by atoms with Gasteiger partial charge in [-0.05, 0) is 49.5 Å². The maximum absolute atomic E-state index is 12.7. The smallest absolute Gasteiger partial charge is 0.226 e. The fourth-order valence-corrected chi connectivity index (χ4v) is 2.75. The first-order valence-electron chi connectivity index (χ1n) is 7.44. The minimum Gasteiger partial charge on any atom is -0.508 e. The SMILES string of the molecule is CC(C(=O)N(Cc1cccc(O)c1)C1CC1)C1CNC1. The molecule has 0 spiro atoms. The van der Waals surface area contributed by atoms with E-state index in [1.807, 2.05) is 24.0 Å². The molecule has 1 saturated carbocycles. The summed E-state index contributed by atoms with van der Waals surface area (Å²) in [7, 11) is 0. The van der Waals surface area contributed by atoms with Gasteiger partial charge in [0.25, 0.3) is 0 Å². The van der Waals surface area contributed by atoms with Gasteiger partial charge in [-0.1, -0.05) is 19.1 Å². The van der Waals surface area contributed by atoms with E-state index < -0.39 is 0 Å². The van der Waals surface area contributed by atoms with Crippen molar-refractivity contribution in [1.82, 2.24) is 10.2 Å². The Hall–Kier alpha value is -1.55. The predicted octanol–water partition coefficient (Wildman–Crippen LogP) is 1.74. The predicted molar refractivity (Wildman–Crippen MR) is 77.2 cm³/mol. The molecular formula is C16H22N2O2. The van der Waals surface area contributed by atoms with Crippen LogP contribution >= 0.6 is 0 Å². The third kappa shape index (κ3) is 2.80. The molecule has 1 aromatic rings. The Morgan fingerprint density at radius 2 is 2.20 bits per heavy atom. The van der Waals surface area contributed by atoms with E-state index in [9.17, 15) is 9.90 Å². The monoisotopic (exact) mass is 274 g/mol. The number of hydrogen-bond donors (Lipinski definition) is 2. The normalized spacial score (nSPS) is 20.2. The average Bonchev–Trinajstić information content (AvgIpc) is 3.17. The Morgan fingerprint density at radius 3 is 2.75 bits per heavy atom. The molecule has 2 aliphatic rings. The van der Waals surface area contributed by atoms with Crippen LogP contribution in [-0.2, 0) is 11.3 Å². The van der Waals surface area contributed by atoms with Crippen molar-refractivity contribution in [2.45, 2.75) is 32.4 Å². The molecule has 1 aromatic carbocycles. The number of hydrogen-bond acceptors (Lipinski definition) is 3. The van der Waals surface area contributed by atoms with Crippen molar-refractivity contribution < 1.29 is 9.90 Å². The molecule has 2 N–H and O–H groups in total. The van der Waals surface area contributed by atoms with Crippen LogP contribution in [-0.4, -0.2) is 35.0 Å². The van der Waals surface area contributed by atoms with Crippen LogP contribution < -0.4 is 5.32 Å². The molecule has 108 valence electrons. The van der Waals surface area contributed by atoms with Gasteiger partial charge in [-0.25, -0.2) is 0 Å². The molecule has 1 heterocycles. The molecule has 4 nitrogen and oxygen atoms in total. The van der Waals surface area contributed by atoms with E-state index in [0.717, 1.165) is 31.5 Å². The number of phenolic OH excluding ortho intramolecular Hbond substituents is 1. The van der Waals surface area contributed by atoms with Crippen molar-refractivity contribution in [2.75, 3.05) is 13.1 Å². The molecule has 1 aliphatic heterocycles. The van der Waals surface area contributed by atoms with Crippen molar-refractivity contribution in [2.24, 2.45) is 11.8 Å². The largest absolute Gasteiger partial charge is 0.508 e. The highest BCUT2D eigenvalue weighted by Gasteiger charge is 2.38. The van der Waals surface area contributed by atoms with E-state index in [0.29, 0.717) is 18.5 Å². The third-order valence-electron chi connectivity index (χ3n) is 4.44. The molecule has 0 radical (unpaired) electrons. The van der Waals surface area contributed by atoms with Gasteiger partial charge in [0, 0.05) is 18.5 Å². The second-order valence-electron chi connectivity index (χ2n) is 6.07. The lowest BCUT2D eigenvalue weighted by Crippen LogP contribution is -2.50. The Morgan fingerprint density at radius 1 is 1.45 bits per heavy atom. The lowest BCUT2D eigenvalue weighted by molar-refractivity contribution is -0.138. The molecule has 4 heteroatoms. The quantitative estimate of drug-likeness (QED) is 0.860. The number of phenols is 1. The number of nitrogens with one attached hydrogen (secondary N) is 1. The standard InChI is InChI=1S/C16H22N2O2/c1-11(13-8-17-9-13)16(20)18(14-5-6-14)10-12-3-2-4-15(19)7-12/h2-4,7,11,13-14,17,19H,5-6,8-10H2,1H3. The Kier molecular flexibility index (Phi) is 3.66. The summed E-state index contributed by atoms with van der Waals surface area (Å²) in [6.07, 6.45) is 2.22. The highest BCUT2D eigenvalue weighted by molar-refractivity contribution is 5.79. The Labute approximate surface area is 119 Å².